The normalized spacial score (nSPS) is 10.3. The van der Waals surface area contributed by atoms with Gasteiger partial charge in [0.25, 0.3) is 0 Å². The van der Waals surface area contributed by atoms with E-state index >= 15 is 0 Å². The summed E-state index contributed by atoms with van der Waals surface area (Å²) in [4.78, 5) is 12.2. The van der Waals surface area contributed by atoms with Gasteiger partial charge in [-0.1, -0.05) is 29.8 Å². The van der Waals surface area contributed by atoms with Gasteiger partial charge in [-0.15, -0.1) is 0 Å². The summed E-state index contributed by atoms with van der Waals surface area (Å²) in [5.74, 6) is -0.125. The van der Waals surface area contributed by atoms with Crippen LogP contribution in [0.2, 0.25) is 0 Å². The van der Waals surface area contributed by atoms with Gasteiger partial charge in [0.15, 0.2) is 5.11 Å². The third kappa shape index (κ3) is 5.03. The maximum Gasteiger partial charge on any atom is 0.243 e. The Kier molecular flexibility index (Phi) is 6.15. The zero-order chi connectivity index (χ0) is 18.6. The summed E-state index contributed by atoms with van der Waals surface area (Å²) in [7, 11) is 0. The van der Waals surface area contributed by atoms with E-state index in [1.54, 1.807) is 0 Å². The van der Waals surface area contributed by atoms with E-state index in [2.05, 4.69) is 41.1 Å². The molecule has 0 unspecified atom stereocenters. The van der Waals surface area contributed by atoms with E-state index in [-0.39, 0.29) is 12.5 Å². The van der Waals surface area contributed by atoms with E-state index in [0.29, 0.717) is 5.11 Å². The maximum atomic E-state index is 12.2. The topological polar surface area (TPSA) is 53.2 Å². The van der Waals surface area contributed by atoms with Crippen molar-refractivity contribution >= 4 is 34.6 Å². The molecule has 2 aromatic rings. The van der Waals surface area contributed by atoms with Gasteiger partial charge in [-0.2, -0.15) is 0 Å². The van der Waals surface area contributed by atoms with Gasteiger partial charge in [-0.05, 0) is 75.2 Å². The summed E-state index contributed by atoms with van der Waals surface area (Å²) in [6.07, 6.45) is 0. The SMILES string of the molecule is Cc1cc(C)c(NC(=O)CNC(=S)Nc2cccc(C)c2C)c(C)c1. The molecule has 0 aliphatic carbocycles. The van der Waals surface area contributed by atoms with Crippen molar-refractivity contribution in [3.05, 3.63) is 58.1 Å². The molecule has 5 heteroatoms. The summed E-state index contributed by atoms with van der Waals surface area (Å²) >= 11 is 5.29. The predicted octanol–water partition coefficient (Wildman–Crippen LogP) is 4.15. The Balaban J connectivity index is 1.92. The lowest BCUT2D eigenvalue weighted by atomic mass is 10.1. The Morgan fingerprint density at radius 2 is 1.60 bits per heavy atom. The number of rotatable bonds is 4. The van der Waals surface area contributed by atoms with Crippen molar-refractivity contribution in [1.82, 2.24) is 5.32 Å². The average molecular weight is 356 g/mol. The molecule has 0 saturated heterocycles. The first kappa shape index (κ1) is 18.9. The molecular formula is C20H25N3OS. The molecule has 0 atom stereocenters. The zero-order valence-corrected chi connectivity index (χ0v) is 16.2. The number of hydrogen-bond donors (Lipinski definition) is 3. The first-order valence-corrected chi connectivity index (χ1v) is 8.67. The minimum atomic E-state index is -0.125. The Hall–Kier alpha value is -2.40. The second-order valence-corrected chi connectivity index (χ2v) is 6.79. The largest absolute Gasteiger partial charge is 0.353 e. The van der Waals surface area contributed by atoms with Crippen LogP contribution >= 0.6 is 12.2 Å². The van der Waals surface area contributed by atoms with Gasteiger partial charge in [0.1, 0.15) is 0 Å². The van der Waals surface area contributed by atoms with Crippen LogP contribution in [-0.2, 0) is 4.79 Å². The number of anilines is 2. The molecule has 0 fully saturated rings. The monoisotopic (exact) mass is 355 g/mol. The fourth-order valence-corrected chi connectivity index (χ4v) is 2.96. The Morgan fingerprint density at radius 3 is 2.24 bits per heavy atom. The molecular weight excluding hydrogens is 330 g/mol. The van der Waals surface area contributed by atoms with Crippen molar-refractivity contribution in [2.24, 2.45) is 0 Å². The van der Waals surface area contributed by atoms with Gasteiger partial charge >= 0.3 is 0 Å². The van der Waals surface area contributed by atoms with Gasteiger partial charge in [0.2, 0.25) is 5.91 Å². The van der Waals surface area contributed by atoms with Gasteiger partial charge in [0, 0.05) is 11.4 Å². The van der Waals surface area contributed by atoms with Crippen molar-refractivity contribution < 1.29 is 4.79 Å². The third-order valence-corrected chi connectivity index (χ3v) is 4.45. The molecule has 0 saturated carbocycles. The number of hydrogen-bond acceptors (Lipinski definition) is 2. The number of benzene rings is 2. The number of carbonyl (C=O) groups is 1. The van der Waals surface area contributed by atoms with Crippen LogP contribution in [0.4, 0.5) is 11.4 Å². The van der Waals surface area contributed by atoms with Crippen LogP contribution in [0.15, 0.2) is 30.3 Å². The van der Waals surface area contributed by atoms with E-state index in [1.807, 2.05) is 39.8 Å². The number of carbonyl (C=O) groups excluding carboxylic acids is 1. The molecule has 132 valence electrons. The fourth-order valence-electron chi connectivity index (χ4n) is 2.77. The fraction of sp³-hybridized carbons (Fsp3) is 0.300. The quantitative estimate of drug-likeness (QED) is 0.721. The summed E-state index contributed by atoms with van der Waals surface area (Å²) in [6.45, 7) is 10.2. The highest BCUT2D eigenvalue weighted by molar-refractivity contribution is 7.80. The van der Waals surface area contributed by atoms with Crippen molar-refractivity contribution in [3.8, 4) is 0 Å². The van der Waals surface area contributed by atoms with Gasteiger partial charge < -0.3 is 16.0 Å². The lowest BCUT2D eigenvalue weighted by molar-refractivity contribution is -0.115. The zero-order valence-electron chi connectivity index (χ0n) is 15.4. The Morgan fingerprint density at radius 1 is 0.960 bits per heavy atom. The van der Waals surface area contributed by atoms with Crippen LogP contribution in [0, 0.1) is 34.6 Å². The molecule has 0 radical (unpaired) electrons. The Bertz CT molecular complexity index is 792. The highest BCUT2D eigenvalue weighted by Crippen LogP contribution is 2.21. The molecule has 0 aromatic heterocycles. The molecule has 2 rings (SSSR count). The van der Waals surface area contributed by atoms with Crippen molar-refractivity contribution in [1.29, 1.82) is 0 Å². The van der Waals surface area contributed by atoms with Crippen molar-refractivity contribution in [3.63, 3.8) is 0 Å². The highest BCUT2D eigenvalue weighted by Gasteiger charge is 2.09. The average Bonchev–Trinajstić information content (AvgIpc) is 2.53. The summed E-state index contributed by atoms with van der Waals surface area (Å²) in [5, 5.41) is 9.49. The first-order chi connectivity index (χ1) is 11.8. The smallest absolute Gasteiger partial charge is 0.243 e. The summed E-state index contributed by atoms with van der Waals surface area (Å²) < 4.78 is 0. The predicted molar refractivity (Wildman–Crippen MR) is 109 cm³/mol. The molecule has 0 aliphatic rings. The second-order valence-electron chi connectivity index (χ2n) is 6.38. The van der Waals surface area contributed by atoms with E-state index in [0.717, 1.165) is 28.1 Å². The molecule has 0 aliphatic heterocycles. The lowest BCUT2D eigenvalue weighted by Crippen LogP contribution is -2.36. The van der Waals surface area contributed by atoms with E-state index < -0.39 is 0 Å². The third-order valence-electron chi connectivity index (χ3n) is 4.20. The van der Waals surface area contributed by atoms with E-state index in [1.165, 1.54) is 11.1 Å². The number of nitrogens with one attached hydrogen (secondary N) is 3. The molecule has 4 nitrogen and oxygen atoms in total. The summed E-state index contributed by atoms with van der Waals surface area (Å²) in [5.41, 5.74) is 7.45. The number of aryl methyl sites for hydroxylation is 4. The maximum absolute atomic E-state index is 12.2. The van der Waals surface area contributed by atoms with E-state index in [4.69, 9.17) is 12.2 Å². The minimum absolute atomic E-state index is 0.115. The lowest BCUT2D eigenvalue weighted by Gasteiger charge is -2.15. The van der Waals surface area contributed by atoms with Gasteiger partial charge in [-0.3, -0.25) is 4.79 Å². The van der Waals surface area contributed by atoms with Gasteiger partial charge in [-0.25, -0.2) is 0 Å². The van der Waals surface area contributed by atoms with Crippen molar-refractivity contribution in [2.75, 3.05) is 17.2 Å². The molecule has 0 spiro atoms. The van der Waals surface area contributed by atoms with Crippen molar-refractivity contribution in [2.45, 2.75) is 34.6 Å². The standard InChI is InChI=1S/C20H25N3OS/c1-12-9-14(3)19(15(4)10-12)23-18(24)11-21-20(25)22-17-8-6-7-13(2)16(17)5/h6-10H,11H2,1-5H3,(H,23,24)(H2,21,22,25). The van der Waals surface area contributed by atoms with Gasteiger partial charge in [0.05, 0.1) is 6.54 Å². The minimum Gasteiger partial charge on any atom is -0.353 e. The molecule has 25 heavy (non-hydrogen) atoms. The first-order valence-electron chi connectivity index (χ1n) is 8.26. The second kappa shape index (κ2) is 8.12. The van der Waals surface area contributed by atoms with Crippen LogP contribution in [0.1, 0.15) is 27.8 Å². The van der Waals surface area contributed by atoms with Crippen LogP contribution in [0.5, 0.6) is 0 Å². The van der Waals surface area contributed by atoms with Crippen LogP contribution in [-0.4, -0.2) is 17.6 Å². The molecule has 1 amide bonds. The molecule has 3 N–H and O–H groups in total. The van der Waals surface area contributed by atoms with Crippen LogP contribution < -0.4 is 16.0 Å². The molecule has 2 aromatic carbocycles. The Labute approximate surface area is 155 Å². The number of thiocarbonyl (C=S) groups is 1. The van der Waals surface area contributed by atoms with Crippen LogP contribution in [0.3, 0.4) is 0 Å². The highest BCUT2D eigenvalue weighted by atomic mass is 32.1. The van der Waals surface area contributed by atoms with E-state index in [9.17, 15) is 4.79 Å². The summed E-state index contributed by atoms with van der Waals surface area (Å²) in [6, 6.07) is 10.1. The number of amides is 1. The molecule has 0 heterocycles. The molecule has 0 bridgehead atoms. The van der Waals surface area contributed by atoms with Crippen LogP contribution in [0.25, 0.3) is 0 Å².